The number of phenols is 2. The van der Waals surface area contributed by atoms with Crippen molar-refractivity contribution in [3.8, 4) is 11.5 Å². The van der Waals surface area contributed by atoms with Crippen LogP contribution in [-0.2, 0) is 0 Å². The van der Waals surface area contributed by atoms with Crippen molar-refractivity contribution in [3.05, 3.63) is 58.4 Å². The van der Waals surface area contributed by atoms with E-state index in [-0.39, 0.29) is 27.6 Å². The number of aromatic hydroxyl groups is 2. The molecule has 108 valence electrons. The van der Waals surface area contributed by atoms with Crippen LogP contribution in [0.1, 0.15) is 15.9 Å². The van der Waals surface area contributed by atoms with Gasteiger partial charge in [0.2, 0.25) is 0 Å². The van der Waals surface area contributed by atoms with Crippen LogP contribution in [0.15, 0.2) is 41.5 Å². The minimum atomic E-state index is -0.647. The highest BCUT2D eigenvalue weighted by molar-refractivity contribution is 6.32. The normalized spacial score (nSPS) is 10.8. The SMILES string of the molecule is O=C(N/N=C\c1cc(F)cc(Cl)c1O)c1ccccc1O. The number of benzene rings is 2. The summed E-state index contributed by atoms with van der Waals surface area (Å²) in [7, 11) is 0. The summed E-state index contributed by atoms with van der Waals surface area (Å²) in [5.74, 6) is -1.84. The molecule has 0 atom stereocenters. The first-order valence-corrected chi connectivity index (χ1v) is 6.16. The highest BCUT2D eigenvalue weighted by atomic mass is 35.5. The molecule has 0 aliphatic heterocycles. The fourth-order valence-electron chi connectivity index (χ4n) is 1.57. The number of hydrogen-bond acceptors (Lipinski definition) is 4. The van der Waals surface area contributed by atoms with Gasteiger partial charge in [0, 0.05) is 5.56 Å². The first-order chi connectivity index (χ1) is 9.99. The molecule has 0 unspecified atom stereocenters. The maximum absolute atomic E-state index is 13.1. The van der Waals surface area contributed by atoms with Crippen LogP contribution in [0, 0.1) is 5.82 Å². The number of nitrogens with one attached hydrogen (secondary N) is 1. The average Bonchev–Trinajstić information content (AvgIpc) is 2.44. The molecule has 0 heterocycles. The predicted octanol–water partition coefficient (Wildman–Crippen LogP) is 2.65. The molecule has 2 aromatic rings. The van der Waals surface area contributed by atoms with Crippen molar-refractivity contribution in [3.63, 3.8) is 0 Å². The number of phenolic OH excluding ortho intramolecular Hbond substituents is 2. The maximum Gasteiger partial charge on any atom is 0.275 e. The molecular formula is C14H10ClFN2O3. The second-order valence-electron chi connectivity index (χ2n) is 4.04. The summed E-state index contributed by atoms with van der Waals surface area (Å²) in [6, 6.07) is 7.89. The van der Waals surface area contributed by atoms with Crippen molar-refractivity contribution in [2.75, 3.05) is 0 Å². The number of hydrogen-bond donors (Lipinski definition) is 3. The van der Waals surface area contributed by atoms with Gasteiger partial charge in [-0.15, -0.1) is 0 Å². The summed E-state index contributed by atoms with van der Waals surface area (Å²) in [5.41, 5.74) is 2.20. The third kappa shape index (κ3) is 3.49. The van der Waals surface area contributed by atoms with Crippen LogP contribution in [0.2, 0.25) is 5.02 Å². The molecular weight excluding hydrogens is 299 g/mol. The quantitative estimate of drug-likeness (QED) is 0.602. The molecule has 0 aliphatic rings. The van der Waals surface area contributed by atoms with E-state index in [1.54, 1.807) is 12.1 Å². The van der Waals surface area contributed by atoms with E-state index in [1.807, 2.05) is 0 Å². The summed E-state index contributed by atoms with van der Waals surface area (Å²) in [4.78, 5) is 11.7. The number of rotatable bonds is 3. The molecule has 1 amide bonds. The molecule has 0 radical (unpaired) electrons. The monoisotopic (exact) mass is 308 g/mol. The molecule has 3 N–H and O–H groups in total. The molecule has 2 rings (SSSR count). The molecule has 0 bridgehead atoms. The van der Waals surface area contributed by atoms with E-state index >= 15 is 0 Å². The van der Waals surface area contributed by atoms with Crippen molar-refractivity contribution in [2.45, 2.75) is 0 Å². The average molecular weight is 309 g/mol. The van der Waals surface area contributed by atoms with Crippen LogP contribution < -0.4 is 5.43 Å². The van der Waals surface area contributed by atoms with Gasteiger partial charge in [0.25, 0.3) is 5.91 Å². The Hall–Kier alpha value is -2.60. The lowest BCUT2D eigenvalue weighted by Crippen LogP contribution is -2.17. The summed E-state index contributed by atoms with van der Waals surface area (Å²) in [6.45, 7) is 0. The second-order valence-corrected chi connectivity index (χ2v) is 4.45. The summed E-state index contributed by atoms with van der Waals surface area (Å²) in [6.07, 6.45) is 1.04. The summed E-state index contributed by atoms with van der Waals surface area (Å²) >= 11 is 5.61. The van der Waals surface area contributed by atoms with Crippen LogP contribution in [0.3, 0.4) is 0 Å². The molecule has 0 aliphatic carbocycles. The molecule has 0 fully saturated rings. The zero-order valence-corrected chi connectivity index (χ0v) is 11.3. The lowest BCUT2D eigenvalue weighted by molar-refractivity contribution is 0.0952. The first kappa shape index (κ1) is 14.8. The van der Waals surface area contributed by atoms with Crippen LogP contribution >= 0.6 is 11.6 Å². The molecule has 0 saturated carbocycles. The van der Waals surface area contributed by atoms with Crippen LogP contribution in [0.25, 0.3) is 0 Å². The van der Waals surface area contributed by atoms with Gasteiger partial charge in [-0.25, -0.2) is 9.82 Å². The number of para-hydroxylation sites is 1. The zero-order chi connectivity index (χ0) is 15.4. The number of halogens is 2. The Morgan fingerprint density at radius 2 is 2.00 bits per heavy atom. The Morgan fingerprint density at radius 1 is 1.29 bits per heavy atom. The Balaban J connectivity index is 2.13. The maximum atomic E-state index is 13.1. The molecule has 7 heteroatoms. The van der Waals surface area contributed by atoms with E-state index in [9.17, 15) is 19.4 Å². The van der Waals surface area contributed by atoms with Crippen molar-refractivity contribution in [2.24, 2.45) is 5.10 Å². The van der Waals surface area contributed by atoms with Gasteiger partial charge < -0.3 is 10.2 Å². The Bertz CT molecular complexity index is 719. The largest absolute Gasteiger partial charge is 0.507 e. The molecule has 2 aromatic carbocycles. The van der Waals surface area contributed by atoms with Gasteiger partial charge in [-0.05, 0) is 24.3 Å². The molecule has 0 spiro atoms. The highest BCUT2D eigenvalue weighted by Crippen LogP contribution is 2.27. The van der Waals surface area contributed by atoms with Gasteiger partial charge in [-0.3, -0.25) is 4.79 Å². The van der Waals surface area contributed by atoms with Crippen molar-refractivity contribution in [1.29, 1.82) is 0 Å². The summed E-state index contributed by atoms with van der Waals surface area (Å²) < 4.78 is 13.1. The van der Waals surface area contributed by atoms with Crippen LogP contribution in [0.4, 0.5) is 4.39 Å². The molecule has 21 heavy (non-hydrogen) atoms. The number of carbonyl (C=O) groups is 1. The van der Waals surface area contributed by atoms with Crippen molar-refractivity contribution < 1.29 is 19.4 Å². The van der Waals surface area contributed by atoms with E-state index in [1.165, 1.54) is 12.1 Å². The zero-order valence-electron chi connectivity index (χ0n) is 10.5. The Morgan fingerprint density at radius 3 is 2.71 bits per heavy atom. The van der Waals surface area contributed by atoms with Crippen LogP contribution in [0.5, 0.6) is 11.5 Å². The smallest absolute Gasteiger partial charge is 0.275 e. The van der Waals surface area contributed by atoms with E-state index < -0.39 is 11.7 Å². The Kier molecular flexibility index (Phi) is 4.39. The number of amides is 1. The van der Waals surface area contributed by atoms with Gasteiger partial charge in [0.15, 0.2) is 0 Å². The minimum Gasteiger partial charge on any atom is -0.507 e. The Labute approximate surface area is 124 Å². The fourth-order valence-corrected chi connectivity index (χ4v) is 1.78. The highest BCUT2D eigenvalue weighted by Gasteiger charge is 2.09. The molecule has 0 saturated heterocycles. The van der Waals surface area contributed by atoms with E-state index in [0.717, 1.165) is 18.3 Å². The van der Waals surface area contributed by atoms with Gasteiger partial charge in [0.1, 0.15) is 17.3 Å². The third-order valence-electron chi connectivity index (χ3n) is 2.58. The standard InChI is InChI=1S/C14H10ClFN2O3/c15-11-6-9(16)5-8(13(11)20)7-17-18-14(21)10-3-1-2-4-12(10)19/h1-7,19-20H,(H,18,21)/b17-7-. The first-order valence-electron chi connectivity index (χ1n) is 5.78. The fraction of sp³-hybridized carbons (Fsp3) is 0. The third-order valence-corrected chi connectivity index (χ3v) is 2.86. The topological polar surface area (TPSA) is 81.9 Å². The van der Waals surface area contributed by atoms with Gasteiger partial charge >= 0.3 is 0 Å². The molecule has 0 aromatic heterocycles. The van der Waals surface area contributed by atoms with Crippen molar-refractivity contribution >= 4 is 23.7 Å². The number of carbonyl (C=O) groups excluding carboxylic acids is 1. The van der Waals surface area contributed by atoms with Crippen LogP contribution in [-0.4, -0.2) is 22.3 Å². The summed E-state index contributed by atoms with van der Waals surface area (Å²) in [5, 5.41) is 22.5. The minimum absolute atomic E-state index is 0.0117. The van der Waals surface area contributed by atoms with Gasteiger partial charge in [-0.2, -0.15) is 5.10 Å². The number of hydrazone groups is 1. The van der Waals surface area contributed by atoms with Crippen molar-refractivity contribution in [1.82, 2.24) is 5.43 Å². The number of nitrogens with zero attached hydrogens (tertiary/aromatic N) is 1. The van der Waals surface area contributed by atoms with E-state index in [0.29, 0.717) is 0 Å². The second kappa shape index (κ2) is 6.23. The van der Waals surface area contributed by atoms with E-state index in [4.69, 9.17) is 11.6 Å². The molecule has 5 nitrogen and oxygen atoms in total. The lowest BCUT2D eigenvalue weighted by atomic mass is 10.2. The van der Waals surface area contributed by atoms with Gasteiger partial charge in [0.05, 0.1) is 16.8 Å². The predicted molar refractivity (Wildman–Crippen MR) is 76.2 cm³/mol. The van der Waals surface area contributed by atoms with E-state index in [2.05, 4.69) is 10.5 Å². The van der Waals surface area contributed by atoms with Gasteiger partial charge in [-0.1, -0.05) is 23.7 Å². The lowest BCUT2D eigenvalue weighted by Gasteiger charge is -2.03.